The van der Waals surface area contributed by atoms with E-state index in [2.05, 4.69) is 0 Å². The lowest BCUT2D eigenvalue weighted by Gasteiger charge is -2.40. The number of likely N-dealkylation sites (N-methyl/N-ethyl adjacent to an activating group) is 1. The molecule has 0 N–H and O–H groups in total. The minimum absolute atomic E-state index is 0.0216. The molecule has 2 rings (SSSR count). The molecule has 5 nitrogen and oxygen atoms in total. The summed E-state index contributed by atoms with van der Waals surface area (Å²) in [6.45, 7) is 7.38. The van der Waals surface area contributed by atoms with Crippen molar-refractivity contribution in [3.05, 3.63) is 29.3 Å². The highest BCUT2D eigenvalue weighted by atomic mass is 35.5. The molecule has 0 bridgehead atoms. The van der Waals surface area contributed by atoms with Crippen molar-refractivity contribution in [3.63, 3.8) is 0 Å². The quantitative estimate of drug-likeness (QED) is 0.829. The van der Waals surface area contributed by atoms with Gasteiger partial charge in [0.1, 0.15) is 11.8 Å². The summed E-state index contributed by atoms with van der Waals surface area (Å²) in [5.41, 5.74) is 0. The first-order valence-electron chi connectivity index (χ1n) is 7.99. The third-order valence-electron chi connectivity index (χ3n) is 4.11. The second-order valence-corrected chi connectivity index (χ2v) is 6.02. The summed E-state index contributed by atoms with van der Waals surface area (Å²) in [5, 5.41) is 0.615. The van der Waals surface area contributed by atoms with Gasteiger partial charge in [-0.1, -0.05) is 18.5 Å². The van der Waals surface area contributed by atoms with Crippen molar-refractivity contribution in [2.75, 3.05) is 19.6 Å². The van der Waals surface area contributed by atoms with Crippen molar-refractivity contribution in [1.29, 1.82) is 0 Å². The predicted molar refractivity (Wildman–Crippen MR) is 89.6 cm³/mol. The molecule has 1 fully saturated rings. The number of amides is 2. The van der Waals surface area contributed by atoms with Crippen LogP contribution in [0.1, 0.15) is 27.2 Å². The van der Waals surface area contributed by atoms with Crippen molar-refractivity contribution < 1.29 is 14.3 Å². The van der Waals surface area contributed by atoms with Crippen LogP contribution in [0.3, 0.4) is 0 Å². The van der Waals surface area contributed by atoms with Crippen LogP contribution in [0.15, 0.2) is 24.3 Å². The Labute approximate surface area is 142 Å². The smallest absolute Gasteiger partial charge is 0.264 e. The van der Waals surface area contributed by atoms with Gasteiger partial charge in [-0.05, 0) is 44.5 Å². The van der Waals surface area contributed by atoms with E-state index < -0.39 is 12.1 Å². The summed E-state index contributed by atoms with van der Waals surface area (Å²) in [5.74, 6) is 0.450. The van der Waals surface area contributed by atoms with E-state index in [0.717, 1.165) is 0 Å². The van der Waals surface area contributed by atoms with Crippen LogP contribution in [-0.4, -0.2) is 53.4 Å². The SMILES string of the molecule is CCC1C(=O)N(CC)CCN1C(=O)[C@H](C)Oc1ccc(Cl)cc1. The fourth-order valence-corrected chi connectivity index (χ4v) is 2.94. The molecule has 1 aromatic rings. The van der Waals surface area contributed by atoms with Gasteiger partial charge in [-0.3, -0.25) is 9.59 Å². The van der Waals surface area contributed by atoms with E-state index in [1.165, 1.54) is 0 Å². The first-order chi connectivity index (χ1) is 11.0. The maximum atomic E-state index is 12.7. The van der Waals surface area contributed by atoms with Crippen LogP contribution in [0, 0.1) is 0 Å². The monoisotopic (exact) mass is 338 g/mol. The molecule has 126 valence electrons. The van der Waals surface area contributed by atoms with Crippen LogP contribution < -0.4 is 4.74 Å². The molecule has 0 saturated carbocycles. The molecule has 1 heterocycles. The zero-order valence-corrected chi connectivity index (χ0v) is 14.5. The molecule has 1 saturated heterocycles. The van der Waals surface area contributed by atoms with Gasteiger partial charge >= 0.3 is 0 Å². The van der Waals surface area contributed by atoms with Crippen LogP contribution in [0.25, 0.3) is 0 Å². The largest absolute Gasteiger partial charge is 0.481 e. The highest BCUT2D eigenvalue weighted by Gasteiger charge is 2.37. The van der Waals surface area contributed by atoms with E-state index in [-0.39, 0.29) is 11.8 Å². The summed E-state index contributed by atoms with van der Waals surface area (Å²) < 4.78 is 5.69. The van der Waals surface area contributed by atoms with Gasteiger partial charge in [0, 0.05) is 24.7 Å². The first-order valence-corrected chi connectivity index (χ1v) is 8.37. The summed E-state index contributed by atoms with van der Waals surface area (Å²) in [7, 11) is 0. The summed E-state index contributed by atoms with van der Waals surface area (Å²) in [4.78, 5) is 28.5. The topological polar surface area (TPSA) is 49.9 Å². The molecular weight excluding hydrogens is 316 g/mol. The average Bonchev–Trinajstić information content (AvgIpc) is 2.55. The highest BCUT2D eigenvalue weighted by molar-refractivity contribution is 6.30. The second kappa shape index (κ2) is 7.68. The molecule has 1 aliphatic rings. The molecule has 0 aromatic heterocycles. The van der Waals surface area contributed by atoms with Gasteiger partial charge < -0.3 is 14.5 Å². The Morgan fingerprint density at radius 1 is 1.30 bits per heavy atom. The third-order valence-corrected chi connectivity index (χ3v) is 4.36. The Balaban J connectivity index is 2.06. The van der Waals surface area contributed by atoms with Gasteiger partial charge in [-0.15, -0.1) is 0 Å². The fraction of sp³-hybridized carbons (Fsp3) is 0.529. The Morgan fingerprint density at radius 3 is 2.52 bits per heavy atom. The number of halogens is 1. The zero-order valence-electron chi connectivity index (χ0n) is 13.8. The number of benzene rings is 1. The minimum Gasteiger partial charge on any atom is -0.481 e. The molecule has 0 aliphatic carbocycles. The lowest BCUT2D eigenvalue weighted by atomic mass is 10.1. The number of carbonyl (C=O) groups excluding carboxylic acids is 2. The Hall–Kier alpha value is -1.75. The van der Waals surface area contributed by atoms with Gasteiger partial charge in [0.05, 0.1) is 0 Å². The van der Waals surface area contributed by atoms with Crippen molar-refractivity contribution in [3.8, 4) is 5.75 Å². The van der Waals surface area contributed by atoms with Gasteiger partial charge in [0.15, 0.2) is 6.10 Å². The van der Waals surface area contributed by atoms with Gasteiger partial charge in [-0.2, -0.15) is 0 Å². The number of rotatable bonds is 5. The van der Waals surface area contributed by atoms with E-state index in [1.54, 1.807) is 41.0 Å². The van der Waals surface area contributed by atoms with E-state index in [9.17, 15) is 9.59 Å². The lowest BCUT2D eigenvalue weighted by Crippen LogP contribution is -2.60. The minimum atomic E-state index is -0.647. The van der Waals surface area contributed by atoms with E-state index in [1.807, 2.05) is 13.8 Å². The fourth-order valence-electron chi connectivity index (χ4n) is 2.81. The van der Waals surface area contributed by atoms with E-state index in [4.69, 9.17) is 16.3 Å². The number of nitrogens with zero attached hydrogens (tertiary/aromatic N) is 2. The van der Waals surface area contributed by atoms with Crippen LogP contribution in [0.2, 0.25) is 5.02 Å². The summed E-state index contributed by atoms with van der Waals surface area (Å²) >= 11 is 5.84. The number of piperazine rings is 1. The molecule has 2 amide bonds. The molecule has 1 aliphatic heterocycles. The Kier molecular flexibility index (Phi) is 5.88. The molecule has 0 radical (unpaired) electrons. The van der Waals surface area contributed by atoms with Gasteiger partial charge in [0.25, 0.3) is 5.91 Å². The maximum Gasteiger partial charge on any atom is 0.264 e. The van der Waals surface area contributed by atoms with Gasteiger partial charge in [0.2, 0.25) is 5.91 Å². The first kappa shape index (κ1) is 17.6. The van der Waals surface area contributed by atoms with Crippen molar-refractivity contribution in [2.45, 2.75) is 39.3 Å². The van der Waals surface area contributed by atoms with Crippen molar-refractivity contribution >= 4 is 23.4 Å². The molecule has 2 atom stereocenters. The highest BCUT2D eigenvalue weighted by Crippen LogP contribution is 2.20. The second-order valence-electron chi connectivity index (χ2n) is 5.59. The maximum absolute atomic E-state index is 12.7. The Morgan fingerprint density at radius 2 is 1.96 bits per heavy atom. The molecule has 0 spiro atoms. The number of ether oxygens (including phenoxy) is 1. The van der Waals surface area contributed by atoms with Crippen molar-refractivity contribution in [1.82, 2.24) is 9.80 Å². The van der Waals surface area contributed by atoms with E-state index in [0.29, 0.717) is 36.8 Å². The summed E-state index contributed by atoms with van der Waals surface area (Å²) in [6.07, 6.45) is -0.0411. The van der Waals surface area contributed by atoms with Crippen LogP contribution in [0.5, 0.6) is 5.75 Å². The van der Waals surface area contributed by atoms with Crippen LogP contribution >= 0.6 is 11.6 Å². The zero-order chi connectivity index (χ0) is 17.0. The molecule has 6 heteroatoms. The summed E-state index contributed by atoms with van der Waals surface area (Å²) in [6, 6.07) is 6.49. The lowest BCUT2D eigenvalue weighted by molar-refractivity contribution is -0.154. The van der Waals surface area contributed by atoms with Gasteiger partial charge in [-0.25, -0.2) is 0 Å². The molecular formula is C17H23ClN2O3. The number of carbonyl (C=O) groups is 2. The van der Waals surface area contributed by atoms with E-state index >= 15 is 0 Å². The van der Waals surface area contributed by atoms with Crippen LogP contribution in [-0.2, 0) is 9.59 Å². The predicted octanol–water partition coefficient (Wildman–Crippen LogP) is 2.58. The third kappa shape index (κ3) is 3.96. The average molecular weight is 339 g/mol. The van der Waals surface area contributed by atoms with Crippen LogP contribution in [0.4, 0.5) is 0 Å². The number of hydrogen-bond donors (Lipinski definition) is 0. The molecule has 1 unspecified atom stereocenters. The molecule has 23 heavy (non-hydrogen) atoms. The normalized spacial score (nSPS) is 19.7. The molecule has 1 aromatic carbocycles. The standard InChI is InChI=1S/C17H23ClN2O3/c1-4-15-17(22)19(5-2)10-11-20(15)16(21)12(3)23-14-8-6-13(18)7-9-14/h6-9,12,15H,4-5,10-11H2,1-3H3/t12-,15?/m0/s1. The number of hydrogen-bond acceptors (Lipinski definition) is 3. The Bertz CT molecular complexity index is 561. The van der Waals surface area contributed by atoms with Crippen molar-refractivity contribution in [2.24, 2.45) is 0 Å².